The van der Waals surface area contributed by atoms with E-state index in [9.17, 15) is 14.3 Å². The van der Waals surface area contributed by atoms with Crippen LogP contribution in [-0.4, -0.2) is 70.7 Å². The van der Waals surface area contributed by atoms with Crippen molar-refractivity contribution in [3.63, 3.8) is 0 Å². The zero-order valence-corrected chi connectivity index (χ0v) is 29.5. The van der Waals surface area contributed by atoms with E-state index in [4.69, 9.17) is 18.5 Å². The molecule has 0 aromatic heterocycles. The number of rotatable bonds is 30. The molecular weight excluding hydrogens is 577 g/mol. The number of phosphoric acid groups is 1. The Bertz CT molecular complexity index is 849. The predicted molar refractivity (Wildman–Crippen MR) is 180 cm³/mol. The Morgan fingerprint density at radius 3 is 1.93 bits per heavy atom. The molecule has 256 valence electrons. The van der Waals surface area contributed by atoms with Gasteiger partial charge >= 0.3 is 5.97 Å². The largest absolute Gasteiger partial charge is 0.756 e. The van der Waals surface area contributed by atoms with Crippen molar-refractivity contribution in [3.8, 4) is 0 Å². The number of phosphoric ester groups is 1. The molecule has 0 saturated carbocycles. The van der Waals surface area contributed by atoms with Crippen LogP contribution >= 0.6 is 7.82 Å². The van der Waals surface area contributed by atoms with Crippen LogP contribution in [0.4, 0.5) is 0 Å². The van der Waals surface area contributed by atoms with Crippen LogP contribution in [-0.2, 0) is 27.9 Å². The fourth-order valence-electron chi connectivity index (χ4n) is 4.00. The van der Waals surface area contributed by atoms with E-state index in [1.54, 1.807) is 0 Å². The summed E-state index contributed by atoms with van der Waals surface area (Å²) in [4.78, 5) is 24.7. The number of allylic oxidation sites excluding steroid dienone is 8. The van der Waals surface area contributed by atoms with Gasteiger partial charge in [-0.1, -0.05) is 101 Å². The number of ether oxygens (including phenoxy) is 2. The minimum absolute atomic E-state index is 0.0166. The predicted octanol–water partition coefficient (Wildman–Crippen LogP) is 8.24. The SMILES string of the molecule is CC/C=C\C/C=C\C/C=C\C/C=C\CCCCC(=O)OC(COCCCCCCCCC)COP(=O)([O-])OCC[N+](C)(C)C. The maximum absolute atomic E-state index is 12.5. The quantitative estimate of drug-likeness (QED) is 0.0256. The van der Waals surface area contributed by atoms with E-state index in [-0.39, 0.29) is 32.2 Å². The average molecular weight is 642 g/mol. The minimum atomic E-state index is -4.52. The maximum Gasteiger partial charge on any atom is 0.306 e. The van der Waals surface area contributed by atoms with E-state index in [0.717, 1.165) is 51.4 Å². The summed E-state index contributed by atoms with van der Waals surface area (Å²) in [6.45, 7) is 5.16. The first-order valence-corrected chi connectivity index (χ1v) is 18.3. The molecule has 2 atom stereocenters. The van der Waals surface area contributed by atoms with E-state index in [1.165, 1.54) is 32.1 Å². The Balaban J connectivity index is 4.42. The van der Waals surface area contributed by atoms with Crippen LogP contribution in [0.5, 0.6) is 0 Å². The number of hydrogen-bond acceptors (Lipinski definition) is 7. The van der Waals surface area contributed by atoms with Crippen molar-refractivity contribution in [2.45, 2.75) is 116 Å². The van der Waals surface area contributed by atoms with E-state index in [2.05, 4.69) is 62.5 Å². The molecule has 0 bridgehead atoms. The highest BCUT2D eigenvalue weighted by Gasteiger charge is 2.20. The van der Waals surface area contributed by atoms with Gasteiger partial charge < -0.3 is 27.9 Å². The van der Waals surface area contributed by atoms with Gasteiger partial charge in [-0.3, -0.25) is 9.36 Å². The summed E-state index contributed by atoms with van der Waals surface area (Å²) >= 11 is 0. The normalized spacial score (nSPS) is 14.8. The number of quaternary nitrogens is 1. The molecule has 0 aromatic carbocycles. The van der Waals surface area contributed by atoms with E-state index < -0.39 is 13.9 Å². The van der Waals surface area contributed by atoms with Crippen LogP contribution in [0.15, 0.2) is 48.6 Å². The van der Waals surface area contributed by atoms with Gasteiger partial charge in [0, 0.05) is 13.0 Å². The van der Waals surface area contributed by atoms with Crippen molar-refractivity contribution in [1.29, 1.82) is 0 Å². The molecule has 2 unspecified atom stereocenters. The molecule has 9 heteroatoms. The topological polar surface area (TPSA) is 94.1 Å². The fraction of sp³-hybridized carbons (Fsp3) is 0.743. The van der Waals surface area contributed by atoms with Crippen molar-refractivity contribution in [2.24, 2.45) is 0 Å². The summed E-state index contributed by atoms with van der Waals surface area (Å²) in [7, 11) is 1.32. The summed E-state index contributed by atoms with van der Waals surface area (Å²) in [5.41, 5.74) is 0. The number of carbonyl (C=O) groups excluding carboxylic acids is 1. The van der Waals surface area contributed by atoms with Crippen molar-refractivity contribution >= 4 is 13.8 Å². The highest BCUT2D eigenvalue weighted by molar-refractivity contribution is 7.45. The number of nitrogens with zero attached hydrogens (tertiary/aromatic N) is 1. The van der Waals surface area contributed by atoms with Crippen LogP contribution in [0, 0.1) is 0 Å². The highest BCUT2D eigenvalue weighted by Crippen LogP contribution is 2.38. The Labute approximate surface area is 269 Å². The Hall–Kier alpha value is -1.54. The van der Waals surface area contributed by atoms with Crippen LogP contribution in [0.3, 0.4) is 0 Å². The number of esters is 1. The monoisotopic (exact) mass is 641 g/mol. The Kier molecular flexibility index (Phi) is 27.9. The van der Waals surface area contributed by atoms with Gasteiger partial charge in [-0.25, -0.2) is 0 Å². The second-order valence-corrected chi connectivity index (χ2v) is 13.6. The van der Waals surface area contributed by atoms with Crippen LogP contribution in [0.25, 0.3) is 0 Å². The zero-order valence-electron chi connectivity index (χ0n) is 28.6. The van der Waals surface area contributed by atoms with Gasteiger partial charge in [0.25, 0.3) is 7.82 Å². The number of unbranched alkanes of at least 4 members (excludes halogenated alkanes) is 8. The minimum Gasteiger partial charge on any atom is -0.756 e. The first-order valence-electron chi connectivity index (χ1n) is 16.9. The van der Waals surface area contributed by atoms with Crippen molar-refractivity contribution in [3.05, 3.63) is 48.6 Å². The van der Waals surface area contributed by atoms with Gasteiger partial charge in [-0.2, -0.15) is 0 Å². The first-order chi connectivity index (χ1) is 21.1. The third-order valence-electron chi connectivity index (χ3n) is 6.64. The summed E-state index contributed by atoms with van der Waals surface area (Å²) < 4.78 is 34.1. The molecule has 0 heterocycles. The second kappa shape index (κ2) is 28.9. The van der Waals surface area contributed by atoms with E-state index in [1.807, 2.05) is 21.1 Å². The van der Waals surface area contributed by atoms with Crippen molar-refractivity contribution < 1.29 is 37.3 Å². The molecule has 0 saturated heterocycles. The highest BCUT2D eigenvalue weighted by atomic mass is 31.2. The van der Waals surface area contributed by atoms with Gasteiger partial charge in [0.05, 0.1) is 34.4 Å². The molecule has 0 spiro atoms. The summed E-state index contributed by atoms with van der Waals surface area (Å²) in [5, 5.41) is 0. The Morgan fingerprint density at radius 1 is 0.727 bits per heavy atom. The van der Waals surface area contributed by atoms with E-state index >= 15 is 0 Å². The molecule has 0 amide bonds. The van der Waals surface area contributed by atoms with Crippen LogP contribution in [0.1, 0.15) is 110 Å². The molecule has 0 radical (unpaired) electrons. The molecule has 0 aliphatic heterocycles. The molecule has 44 heavy (non-hydrogen) atoms. The zero-order chi connectivity index (χ0) is 32.8. The van der Waals surface area contributed by atoms with Gasteiger partial charge in [0.2, 0.25) is 0 Å². The van der Waals surface area contributed by atoms with Crippen LogP contribution in [0.2, 0.25) is 0 Å². The first kappa shape index (κ1) is 42.5. The summed E-state index contributed by atoms with van der Waals surface area (Å²) in [6.07, 6.45) is 31.3. The lowest BCUT2D eigenvalue weighted by Crippen LogP contribution is -2.37. The fourth-order valence-corrected chi connectivity index (χ4v) is 4.73. The van der Waals surface area contributed by atoms with E-state index in [0.29, 0.717) is 24.1 Å². The second-order valence-electron chi connectivity index (χ2n) is 12.1. The van der Waals surface area contributed by atoms with Gasteiger partial charge in [0.15, 0.2) is 0 Å². The lowest BCUT2D eigenvalue weighted by Gasteiger charge is -2.28. The molecule has 0 aliphatic rings. The molecule has 0 N–H and O–H groups in total. The molecule has 8 nitrogen and oxygen atoms in total. The summed E-state index contributed by atoms with van der Waals surface area (Å²) in [5.74, 6) is -0.380. The smallest absolute Gasteiger partial charge is 0.306 e. The van der Waals surface area contributed by atoms with Crippen molar-refractivity contribution in [1.82, 2.24) is 0 Å². The lowest BCUT2D eigenvalue weighted by molar-refractivity contribution is -0.870. The average Bonchev–Trinajstić information content (AvgIpc) is 2.96. The number of carbonyl (C=O) groups is 1. The van der Waals surface area contributed by atoms with Crippen molar-refractivity contribution in [2.75, 3.05) is 54.1 Å². The lowest BCUT2D eigenvalue weighted by atomic mass is 10.1. The standard InChI is InChI=1S/C35H64NO7P/c1-6-8-10-12-14-15-16-17-18-19-20-21-22-24-26-28-35(37)43-34(32-40-30-27-25-23-13-11-9-7-2)33-42-44(38,39)41-31-29-36(3,4)5/h8,10,14-15,17-18,20-21,34H,6-7,9,11-13,16,19,22-33H2,1-5H3/b10-8-,15-14-,18-17-,21-20-. The molecular formula is C35H64NO7P. The molecule has 0 fully saturated rings. The third kappa shape index (κ3) is 31.9. The maximum atomic E-state index is 12.5. The number of hydrogen-bond donors (Lipinski definition) is 0. The van der Waals surface area contributed by atoms with Gasteiger partial charge in [-0.05, 0) is 51.4 Å². The van der Waals surface area contributed by atoms with Crippen LogP contribution < -0.4 is 4.89 Å². The number of likely N-dealkylation sites (N-methyl/N-ethyl adjacent to an activating group) is 1. The third-order valence-corrected chi connectivity index (χ3v) is 7.61. The summed E-state index contributed by atoms with van der Waals surface area (Å²) in [6, 6.07) is 0. The molecule has 0 aromatic rings. The molecule has 0 rings (SSSR count). The molecule has 0 aliphatic carbocycles. The van der Waals surface area contributed by atoms with Gasteiger partial charge in [-0.15, -0.1) is 0 Å². The Morgan fingerprint density at radius 2 is 1.32 bits per heavy atom. The van der Waals surface area contributed by atoms with Gasteiger partial charge in [0.1, 0.15) is 19.3 Å².